The van der Waals surface area contributed by atoms with E-state index in [4.69, 9.17) is 0 Å². The predicted octanol–water partition coefficient (Wildman–Crippen LogP) is 2.22. The molecule has 4 nitrogen and oxygen atoms in total. The first kappa shape index (κ1) is 13.9. The average Bonchev–Trinajstić information content (AvgIpc) is 2.94. The van der Waals surface area contributed by atoms with Crippen molar-refractivity contribution in [3.05, 3.63) is 17.5 Å². The molecule has 1 amide bonds. The first-order valence-corrected chi connectivity index (χ1v) is 6.27. The van der Waals surface area contributed by atoms with E-state index in [1.807, 2.05) is 0 Å². The fraction of sp³-hybridized carbons (Fsp3) is 0.667. The molecule has 1 aromatic rings. The van der Waals surface area contributed by atoms with Crippen molar-refractivity contribution in [2.24, 2.45) is 0 Å². The summed E-state index contributed by atoms with van der Waals surface area (Å²) in [6, 6.07) is 1.00. The fourth-order valence-corrected chi connectivity index (χ4v) is 2.20. The van der Waals surface area contributed by atoms with Crippen molar-refractivity contribution in [2.45, 2.75) is 38.9 Å². The Morgan fingerprint density at radius 2 is 2.00 bits per heavy atom. The maximum Gasteiger partial charge on any atom is 0.435 e. The molecule has 0 bridgehead atoms. The van der Waals surface area contributed by atoms with Crippen LogP contribution in [0.5, 0.6) is 0 Å². The number of hydrogen-bond acceptors (Lipinski definition) is 2. The third kappa shape index (κ3) is 3.27. The zero-order valence-corrected chi connectivity index (χ0v) is 10.7. The van der Waals surface area contributed by atoms with Crippen molar-refractivity contribution >= 4 is 5.91 Å². The number of carbonyl (C=O) groups excluding carboxylic acids is 1. The van der Waals surface area contributed by atoms with E-state index in [-0.39, 0.29) is 18.9 Å². The minimum Gasteiger partial charge on any atom is -0.343 e. The van der Waals surface area contributed by atoms with Gasteiger partial charge in [-0.05, 0) is 25.8 Å². The quantitative estimate of drug-likeness (QED) is 0.848. The van der Waals surface area contributed by atoms with Gasteiger partial charge in [-0.1, -0.05) is 0 Å². The molecule has 0 atom stereocenters. The van der Waals surface area contributed by atoms with Gasteiger partial charge < -0.3 is 4.90 Å². The van der Waals surface area contributed by atoms with Gasteiger partial charge in [-0.3, -0.25) is 9.48 Å². The lowest BCUT2D eigenvalue weighted by atomic mass is 10.3. The minimum atomic E-state index is -4.44. The molecule has 0 unspecified atom stereocenters. The highest BCUT2D eigenvalue weighted by Crippen LogP contribution is 2.28. The van der Waals surface area contributed by atoms with Crippen molar-refractivity contribution in [3.8, 4) is 0 Å². The lowest BCUT2D eigenvalue weighted by Gasteiger charge is -2.15. The standard InChI is InChI=1S/C12H16F3N3O/c1-9-8-10(12(13,14)15)16-18(9)7-4-11(19)17-5-2-3-6-17/h8H,2-7H2,1H3. The van der Waals surface area contributed by atoms with Gasteiger partial charge in [0.1, 0.15) is 0 Å². The molecular weight excluding hydrogens is 259 g/mol. The first-order chi connectivity index (χ1) is 8.88. The molecular formula is C12H16F3N3O. The number of amides is 1. The normalized spacial score (nSPS) is 16.1. The first-order valence-electron chi connectivity index (χ1n) is 6.27. The topological polar surface area (TPSA) is 38.1 Å². The van der Waals surface area contributed by atoms with Crippen LogP contribution in [0.4, 0.5) is 13.2 Å². The molecule has 2 rings (SSSR count). The van der Waals surface area contributed by atoms with Crippen LogP contribution < -0.4 is 0 Å². The number of halogens is 3. The molecule has 7 heteroatoms. The molecule has 0 aliphatic carbocycles. The number of rotatable bonds is 3. The van der Waals surface area contributed by atoms with Crippen LogP contribution in [0.2, 0.25) is 0 Å². The van der Waals surface area contributed by atoms with Crippen LogP contribution in [0.3, 0.4) is 0 Å². The van der Waals surface area contributed by atoms with E-state index < -0.39 is 11.9 Å². The molecule has 1 aromatic heterocycles. The van der Waals surface area contributed by atoms with Crippen LogP contribution in [-0.4, -0.2) is 33.7 Å². The van der Waals surface area contributed by atoms with E-state index >= 15 is 0 Å². The Morgan fingerprint density at radius 3 is 2.53 bits per heavy atom. The zero-order valence-electron chi connectivity index (χ0n) is 10.7. The van der Waals surface area contributed by atoms with Crippen LogP contribution in [0.15, 0.2) is 6.07 Å². The van der Waals surface area contributed by atoms with Crippen molar-refractivity contribution in [2.75, 3.05) is 13.1 Å². The Balaban J connectivity index is 1.96. The summed E-state index contributed by atoms with van der Waals surface area (Å²) in [4.78, 5) is 13.5. The third-order valence-corrected chi connectivity index (χ3v) is 3.27. The molecule has 0 aromatic carbocycles. The van der Waals surface area contributed by atoms with Gasteiger partial charge in [-0.2, -0.15) is 18.3 Å². The SMILES string of the molecule is Cc1cc(C(F)(F)F)nn1CCC(=O)N1CCCC1. The molecule has 1 aliphatic rings. The van der Waals surface area contributed by atoms with Gasteiger partial charge in [0.05, 0.1) is 0 Å². The molecule has 106 valence electrons. The Hall–Kier alpha value is -1.53. The molecule has 0 radical (unpaired) electrons. The van der Waals surface area contributed by atoms with Gasteiger partial charge in [-0.25, -0.2) is 0 Å². The highest BCUT2D eigenvalue weighted by atomic mass is 19.4. The fourth-order valence-electron chi connectivity index (χ4n) is 2.20. The number of aryl methyl sites for hydroxylation is 2. The van der Waals surface area contributed by atoms with Crippen molar-refractivity contribution in [1.29, 1.82) is 0 Å². The predicted molar refractivity (Wildman–Crippen MR) is 62.4 cm³/mol. The van der Waals surface area contributed by atoms with Gasteiger partial charge in [0, 0.05) is 31.7 Å². The Morgan fingerprint density at radius 1 is 1.37 bits per heavy atom. The Labute approximate surface area is 109 Å². The lowest BCUT2D eigenvalue weighted by Crippen LogP contribution is -2.28. The molecule has 0 spiro atoms. The summed E-state index contributed by atoms with van der Waals surface area (Å²) < 4.78 is 38.7. The Bertz CT molecular complexity index is 461. The van der Waals surface area contributed by atoms with Crippen LogP contribution in [0, 0.1) is 6.92 Å². The maximum absolute atomic E-state index is 12.5. The van der Waals surface area contributed by atoms with E-state index in [9.17, 15) is 18.0 Å². The second kappa shape index (κ2) is 5.22. The van der Waals surface area contributed by atoms with E-state index in [0.29, 0.717) is 5.69 Å². The van der Waals surface area contributed by atoms with E-state index in [0.717, 1.165) is 32.0 Å². The van der Waals surface area contributed by atoms with Crippen molar-refractivity contribution < 1.29 is 18.0 Å². The smallest absolute Gasteiger partial charge is 0.343 e. The van der Waals surface area contributed by atoms with Crippen LogP contribution in [-0.2, 0) is 17.5 Å². The number of aromatic nitrogens is 2. The van der Waals surface area contributed by atoms with Gasteiger partial charge >= 0.3 is 6.18 Å². The average molecular weight is 275 g/mol. The molecule has 1 saturated heterocycles. The van der Waals surface area contributed by atoms with Crippen LogP contribution >= 0.6 is 0 Å². The second-order valence-corrected chi connectivity index (χ2v) is 4.73. The summed E-state index contributed by atoms with van der Waals surface area (Å²) in [5.41, 5.74) is -0.486. The zero-order chi connectivity index (χ0) is 14.0. The van der Waals surface area contributed by atoms with E-state index in [1.165, 1.54) is 4.68 Å². The summed E-state index contributed by atoms with van der Waals surface area (Å²) >= 11 is 0. The second-order valence-electron chi connectivity index (χ2n) is 4.73. The van der Waals surface area contributed by atoms with Gasteiger partial charge in [0.2, 0.25) is 5.91 Å². The van der Waals surface area contributed by atoms with Crippen LogP contribution in [0.25, 0.3) is 0 Å². The number of likely N-dealkylation sites (tertiary alicyclic amines) is 1. The largest absolute Gasteiger partial charge is 0.435 e. The number of hydrogen-bond donors (Lipinski definition) is 0. The van der Waals surface area contributed by atoms with Crippen LogP contribution in [0.1, 0.15) is 30.7 Å². The minimum absolute atomic E-state index is 0.0130. The van der Waals surface area contributed by atoms with Crippen molar-refractivity contribution in [1.82, 2.24) is 14.7 Å². The van der Waals surface area contributed by atoms with Gasteiger partial charge in [0.15, 0.2) is 5.69 Å². The monoisotopic (exact) mass is 275 g/mol. The molecule has 1 fully saturated rings. The number of nitrogens with zero attached hydrogens (tertiary/aromatic N) is 3. The maximum atomic E-state index is 12.5. The molecule has 2 heterocycles. The summed E-state index contributed by atoms with van der Waals surface area (Å²) in [6.07, 6.45) is -2.23. The molecule has 19 heavy (non-hydrogen) atoms. The summed E-state index contributed by atoms with van der Waals surface area (Å²) in [6.45, 7) is 3.26. The van der Waals surface area contributed by atoms with Gasteiger partial charge in [0.25, 0.3) is 0 Å². The van der Waals surface area contributed by atoms with Gasteiger partial charge in [-0.15, -0.1) is 0 Å². The van der Waals surface area contributed by atoms with Crippen molar-refractivity contribution in [3.63, 3.8) is 0 Å². The third-order valence-electron chi connectivity index (χ3n) is 3.27. The number of carbonyl (C=O) groups is 1. The summed E-state index contributed by atoms with van der Waals surface area (Å²) in [7, 11) is 0. The highest BCUT2D eigenvalue weighted by Gasteiger charge is 2.34. The molecule has 0 saturated carbocycles. The summed E-state index contributed by atoms with van der Waals surface area (Å²) in [5, 5.41) is 3.50. The Kier molecular flexibility index (Phi) is 3.82. The van der Waals surface area contributed by atoms with E-state index in [1.54, 1.807) is 11.8 Å². The lowest BCUT2D eigenvalue weighted by molar-refractivity contribution is -0.141. The molecule has 1 aliphatic heterocycles. The summed E-state index contributed by atoms with van der Waals surface area (Å²) in [5.74, 6) is -0.0130. The highest BCUT2D eigenvalue weighted by molar-refractivity contribution is 5.76. The number of alkyl halides is 3. The molecule has 0 N–H and O–H groups in total. The van der Waals surface area contributed by atoms with E-state index in [2.05, 4.69) is 5.10 Å².